The number of hydrogen-bond donors (Lipinski definition) is 1. The van der Waals surface area contributed by atoms with Crippen molar-refractivity contribution in [3.8, 4) is 0 Å². The number of nitro benzene ring substituents is 1. The van der Waals surface area contributed by atoms with Crippen molar-refractivity contribution in [1.82, 2.24) is 0 Å². The molecule has 0 fully saturated rings. The van der Waals surface area contributed by atoms with E-state index in [9.17, 15) is 14.9 Å². The van der Waals surface area contributed by atoms with Crippen LogP contribution >= 0.6 is 0 Å². The van der Waals surface area contributed by atoms with Crippen LogP contribution in [0.4, 0.5) is 5.69 Å². The molecule has 0 aliphatic carbocycles. The van der Waals surface area contributed by atoms with Gasteiger partial charge in [0, 0.05) is 12.7 Å². The Morgan fingerprint density at radius 3 is 2.83 bits per heavy atom. The minimum Gasteiger partial charge on any atom is -0.465 e. The van der Waals surface area contributed by atoms with Gasteiger partial charge in [-0.2, -0.15) is 0 Å². The number of nitrogens with zero attached hydrogens (tertiary/aromatic N) is 1. The van der Waals surface area contributed by atoms with Gasteiger partial charge in [0.2, 0.25) is 0 Å². The lowest BCUT2D eigenvalue weighted by atomic mass is 10.1. The monoisotopic (exact) mass is 251 g/mol. The third kappa shape index (κ3) is 3.39. The van der Waals surface area contributed by atoms with E-state index in [1.165, 1.54) is 31.4 Å². The van der Waals surface area contributed by atoms with E-state index in [4.69, 9.17) is 5.11 Å². The molecule has 0 radical (unpaired) electrons. The van der Waals surface area contributed by atoms with Gasteiger partial charge in [-0.3, -0.25) is 10.1 Å². The van der Waals surface area contributed by atoms with E-state index < -0.39 is 10.9 Å². The number of aliphatic hydroxyl groups is 1. The molecule has 1 aromatic rings. The van der Waals surface area contributed by atoms with Crippen LogP contribution in [0, 0.1) is 10.1 Å². The fourth-order valence-electron chi connectivity index (χ4n) is 1.37. The molecule has 0 aliphatic rings. The van der Waals surface area contributed by atoms with Gasteiger partial charge in [-0.25, -0.2) is 4.79 Å². The molecular formula is C12H13NO5. The topological polar surface area (TPSA) is 89.7 Å². The van der Waals surface area contributed by atoms with E-state index >= 15 is 0 Å². The van der Waals surface area contributed by atoms with Gasteiger partial charge in [0.15, 0.2) is 0 Å². The maximum atomic E-state index is 11.3. The maximum Gasteiger partial charge on any atom is 0.338 e. The van der Waals surface area contributed by atoms with Crippen LogP contribution in [0.5, 0.6) is 0 Å². The van der Waals surface area contributed by atoms with Crippen LogP contribution < -0.4 is 0 Å². The Kier molecular flexibility index (Phi) is 5.01. The largest absolute Gasteiger partial charge is 0.465 e. The van der Waals surface area contributed by atoms with Crippen LogP contribution in [0.15, 0.2) is 24.3 Å². The third-order valence-corrected chi connectivity index (χ3v) is 2.24. The van der Waals surface area contributed by atoms with Crippen molar-refractivity contribution in [3.63, 3.8) is 0 Å². The summed E-state index contributed by atoms with van der Waals surface area (Å²) in [5.41, 5.74) is 0.330. The molecule has 0 amide bonds. The second-order valence-corrected chi connectivity index (χ2v) is 3.44. The number of ether oxygens (including phenoxy) is 1. The molecule has 0 aromatic heterocycles. The number of carbonyl (C=O) groups excluding carboxylic acids is 1. The maximum absolute atomic E-state index is 11.3. The smallest absolute Gasteiger partial charge is 0.338 e. The lowest BCUT2D eigenvalue weighted by molar-refractivity contribution is -0.385. The van der Waals surface area contributed by atoms with E-state index in [-0.39, 0.29) is 17.9 Å². The minimum absolute atomic E-state index is 0.0233. The zero-order valence-electron chi connectivity index (χ0n) is 9.83. The van der Waals surface area contributed by atoms with Gasteiger partial charge in [0.1, 0.15) is 0 Å². The number of rotatable bonds is 5. The molecule has 1 rings (SSSR count). The van der Waals surface area contributed by atoms with Gasteiger partial charge >= 0.3 is 5.97 Å². The van der Waals surface area contributed by atoms with Crippen molar-refractivity contribution < 1.29 is 19.6 Å². The molecule has 0 spiro atoms. The Hall–Kier alpha value is -2.21. The van der Waals surface area contributed by atoms with Crippen molar-refractivity contribution in [2.45, 2.75) is 6.42 Å². The highest BCUT2D eigenvalue weighted by atomic mass is 16.6. The molecule has 0 atom stereocenters. The zero-order chi connectivity index (χ0) is 13.5. The molecule has 0 saturated carbocycles. The van der Waals surface area contributed by atoms with E-state index in [2.05, 4.69) is 4.74 Å². The summed E-state index contributed by atoms with van der Waals surface area (Å²) in [4.78, 5) is 21.6. The quantitative estimate of drug-likeness (QED) is 0.489. The second-order valence-electron chi connectivity index (χ2n) is 3.44. The predicted octanol–water partition coefficient (Wildman–Crippen LogP) is 1.78. The van der Waals surface area contributed by atoms with Crippen LogP contribution in [0.2, 0.25) is 0 Å². The Morgan fingerprint density at radius 2 is 2.28 bits per heavy atom. The summed E-state index contributed by atoms with van der Waals surface area (Å²) in [7, 11) is 1.21. The fourth-order valence-corrected chi connectivity index (χ4v) is 1.37. The molecule has 0 unspecified atom stereocenters. The van der Waals surface area contributed by atoms with E-state index in [1.54, 1.807) is 6.08 Å². The fraction of sp³-hybridized carbons (Fsp3) is 0.250. The second kappa shape index (κ2) is 6.51. The lowest BCUT2D eigenvalue weighted by Crippen LogP contribution is -2.02. The van der Waals surface area contributed by atoms with Crippen LogP contribution in [0.1, 0.15) is 22.3 Å². The van der Waals surface area contributed by atoms with Crippen LogP contribution in [-0.2, 0) is 4.74 Å². The predicted molar refractivity (Wildman–Crippen MR) is 65.2 cm³/mol. The highest BCUT2D eigenvalue weighted by Crippen LogP contribution is 2.22. The lowest BCUT2D eigenvalue weighted by Gasteiger charge is -2.01. The highest BCUT2D eigenvalue weighted by Gasteiger charge is 2.16. The summed E-state index contributed by atoms with van der Waals surface area (Å²) in [6.45, 7) is -0.0233. The molecule has 6 heteroatoms. The minimum atomic E-state index is -0.621. The van der Waals surface area contributed by atoms with E-state index in [1.807, 2.05) is 0 Å². The number of esters is 1. The van der Waals surface area contributed by atoms with Crippen LogP contribution in [0.25, 0.3) is 6.08 Å². The van der Waals surface area contributed by atoms with Gasteiger partial charge in [-0.05, 0) is 18.6 Å². The number of methoxy groups -OCH3 is 1. The van der Waals surface area contributed by atoms with E-state index in [0.29, 0.717) is 12.0 Å². The highest BCUT2D eigenvalue weighted by molar-refractivity contribution is 5.90. The summed E-state index contributed by atoms with van der Waals surface area (Å²) in [6, 6.07) is 4.10. The van der Waals surface area contributed by atoms with Crippen molar-refractivity contribution in [1.29, 1.82) is 0 Å². The SMILES string of the molecule is COC(=O)c1ccc(C=CCCO)c([N+](=O)[O-])c1. The Balaban J connectivity index is 3.12. The first-order chi connectivity index (χ1) is 8.60. The molecule has 18 heavy (non-hydrogen) atoms. The number of nitro groups is 1. The van der Waals surface area contributed by atoms with Gasteiger partial charge in [-0.1, -0.05) is 12.2 Å². The molecular weight excluding hydrogens is 238 g/mol. The molecule has 1 aromatic carbocycles. The van der Waals surface area contributed by atoms with Crippen molar-refractivity contribution in [2.75, 3.05) is 13.7 Å². The van der Waals surface area contributed by atoms with Gasteiger partial charge in [-0.15, -0.1) is 0 Å². The summed E-state index contributed by atoms with van der Waals surface area (Å²) in [5.74, 6) is -0.621. The number of hydrogen-bond acceptors (Lipinski definition) is 5. The van der Waals surface area contributed by atoms with Crippen molar-refractivity contribution in [2.24, 2.45) is 0 Å². The van der Waals surface area contributed by atoms with Crippen LogP contribution in [-0.4, -0.2) is 29.7 Å². The Morgan fingerprint density at radius 1 is 1.56 bits per heavy atom. The van der Waals surface area contributed by atoms with Crippen molar-refractivity contribution in [3.05, 3.63) is 45.5 Å². The molecule has 96 valence electrons. The third-order valence-electron chi connectivity index (χ3n) is 2.24. The zero-order valence-corrected chi connectivity index (χ0v) is 9.83. The summed E-state index contributed by atoms with van der Waals surface area (Å²) < 4.78 is 4.50. The number of benzene rings is 1. The summed E-state index contributed by atoms with van der Waals surface area (Å²) in [5, 5.41) is 19.5. The molecule has 0 heterocycles. The normalized spacial score (nSPS) is 10.6. The summed E-state index contributed by atoms with van der Waals surface area (Å²) >= 11 is 0. The standard InChI is InChI=1S/C12H13NO5/c1-18-12(15)10-6-5-9(4-2-3-7-14)11(8-10)13(16)17/h2,4-6,8,14H,3,7H2,1H3. The van der Waals surface area contributed by atoms with Gasteiger partial charge in [0.05, 0.1) is 23.2 Å². The van der Waals surface area contributed by atoms with Gasteiger partial charge in [0.25, 0.3) is 5.69 Å². The molecule has 6 nitrogen and oxygen atoms in total. The Bertz CT molecular complexity index is 481. The average molecular weight is 251 g/mol. The molecule has 0 saturated heterocycles. The van der Waals surface area contributed by atoms with Gasteiger partial charge < -0.3 is 9.84 Å². The molecule has 0 aliphatic heterocycles. The Labute approximate surface area is 104 Å². The molecule has 0 bridgehead atoms. The first-order valence-corrected chi connectivity index (χ1v) is 5.24. The molecule has 1 N–H and O–H groups in total. The first kappa shape index (κ1) is 13.9. The number of aliphatic hydroxyl groups excluding tert-OH is 1. The number of carbonyl (C=O) groups is 1. The first-order valence-electron chi connectivity index (χ1n) is 5.24. The summed E-state index contributed by atoms with van der Waals surface area (Å²) in [6.07, 6.45) is 3.57. The van der Waals surface area contributed by atoms with Crippen molar-refractivity contribution >= 4 is 17.7 Å². The van der Waals surface area contributed by atoms with E-state index in [0.717, 1.165) is 0 Å². The average Bonchev–Trinajstić information content (AvgIpc) is 2.38. The van der Waals surface area contributed by atoms with Crippen LogP contribution in [0.3, 0.4) is 0 Å².